The Balaban J connectivity index is 1.59. The van der Waals surface area contributed by atoms with Gasteiger partial charge in [0.2, 0.25) is 26.0 Å². The van der Waals surface area contributed by atoms with Gasteiger partial charge in [0.25, 0.3) is 0 Å². The van der Waals surface area contributed by atoms with E-state index in [1.165, 1.54) is 46.1 Å². The van der Waals surface area contributed by atoms with Crippen LogP contribution in [0.3, 0.4) is 0 Å². The van der Waals surface area contributed by atoms with Crippen molar-refractivity contribution in [3.63, 3.8) is 0 Å². The second-order valence-corrected chi connectivity index (χ2v) is 12.0. The van der Waals surface area contributed by atoms with Gasteiger partial charge in [-0.3, -0.25) is 9.59 Å². The fraction of sp³-hybridized carbons (Fsp3) is 0.600. The first-order valence-corrected chi connectivity index (χ1v) is 13.6. The summed E-state index contributed by atoms with van der Waals surface area (Å²) in [6.07, 6.45) is 2.61. The molecule has 2 saturated heterocycles. The highest BCUT2D eigenvalue weighted by Crippen LogP contribution is 2.26. The molecule has 0 spiro atoms. The highest BCUT2D eigenvalue weighted by Gasteiger charge is 2.34. The van der Waals surface area contributed by atoms with E-state index >= 15 is 0 Å². The number of ketones is 1. The highest BCUT2D eigenvalue weighted by atomic mass is 32.2. The largest absolute Gasteiger partial charge is 0.341 e. The Morgan fingerprint density at radius 1 is 0.839 bits per heavy atom. The molecule has 3 rings (SSSR count). The van der Waals surface area contributed by atoms with Gasteiger partial charge in [0, 0.05) is 50.7 Å². The lowest BCUT2D eigenvalue weighted by molar-refractivity contribution is -0.136. The minimum Gasteiger partial charge on any atom is -0.341 e. The zero-order valence-corrected chi connectivity index (χ0v) is 19.5. The molecule has 0 saturated carbocycles. The van der Waals surface area contributed by atoms with Crippen LogP contribution in [0.1, 0.15) is 36.5 Å². The quantitative estimate of drug-likeness (QED) is 0.587. The summed E-state index contributed by atoms with van der Waals surface area (Å²) in [5, 5.41) is 0. The number of hydrogen-bond acceptors (Lipinski definition) is 6. The number of Topliss-reactive ketones (excluding diaryl/α,β-unsaturated/α-hetero) is 1. The standard InChI is InChI=1S/C20H29N3O6S2/c1-16(24)17-4-6-19(7-5-17)31(28,29)23-12-8-18(9-13-23)20(25)21-10-3-11-22(15-14-21)30(2,26)27/h4-7,18H,3,8-15H2,1-2H3. The van der Waals surface area contributed by atoms with Crippen LogP contribution in [0.5, 0.6) is 0 Å². The van der Waals surface area contributed by atoms with Crippen LogP contribution in [0.15, 0.2) is 29.2 Å². The van der Waals surface area contributed by atoms with E-state index in [9.17, 15) is 26.4 Å². The van der Waals surface area contributed by atoms with E-state index in [0.717, 1.165) is 0 Å². The third-order valence-electron chi connectivity index (χ3n) is 5.94. The molecule has 1 amide bonds. The van der Waals surface area contributed by atoms with Gasteiger partial charge in [0.05, 0.1) is 11.2 Å². The topological polar surface area (TPSA) is 112 Å². The van der Waals surface area contributed by atoms with Crippen molar-refractivity contribution in [3.05, 3.63) is 29.8 Å². The molecule has 2 heterocycles. The second kappa shape index (κ2) is 9.35. The van der Waals surface area contributed by atoms with Crippen molar-refractivity contribution in [3.8, 4) is 0 Å². The molecule has 31 heavy (non-hydrogen) atoms. The van der Waals surface area contributed by atoms with Gasteiger partial charge in [0.15, 0.2) is 5.78 Å². The molecule has 2 aliphatic rings. The van der Waals surface area contributed by atoms with Crippen LogP contribution in [0.2, 0.25) is 0 Å². The predicted molar refractivity (Wildman–Crippen MR) is 116 cm³/mol. The maximum absolute atomic E-state index is 12.9. The van der Waals surface area contributed by atoms with E-state index < -0.39 is 20.0 Å². The Hall–Kier alpha value is -1.82. The van der Waals surface area contributed by atoms with Crippen LogP contribution < -0.4 is 0 Å². The maximum atomic E-state index is 12.9. The van der Waals surface area contributed by atoms with Crippen molar-refractivity contribution in [1.29, 1.82) is 0 Å². The lowest BCUT2D eigenvalue weighted by Crippen LogP contribution is -2.45. The number of carbonyl (C=O) groups excluding carboxylic acids is 2. The number of rotatable bonds is 5. The van der Waals surface area contributed by atoms with Gasteiger partial charge in [0.1, 0.15) is 0 Å². The number of benzene rings is 1. The molecule has 9 nitrogen and oxygen atoms in total. The number of piperidine rings is 1. The molecule has 1 aromatic rings. The number of carbonyl (C=O) groups is 2. The first-order chi connectivity index (χ1) is 14.5. The average molecular weight is 472 g/mol. The van der Waals surface area contributed by atoms with Crippen molar-refractivity contribution in [2.45, 2.75) is 31.1 Å². The molecule has 0 atom stereocenters. The van der Waals surface area contributed by atoms with Gasteiger partial charge in [-0.15, -0.1) is 0 Å². The SMILES string of the molecule is CC(=O)c1ccc(S(=O)(=O)N2CCC(C(=O)N3CCCN(S(C)(=O)=O)CC3)CC2)cc1. The maximum Gasteiger partial charge on any atom is 0.243 e. The Bertz CT molecular complexity index is 1030. The van der Waals surface area contributed by atoms with Crippen molar-refractivity contribution >= 4 is 31.7 Å². The minimum absolute atomic E-state index is 0.0294. The van der Waals surface area contributed by atoms with E-state index in [1.54, 1.807) is 4.90 Å². The molecule has 0 radical (unpaired) electrons. The molecule has 1 aromatic carbocycles. The first kappa shape index (κ1) is 23.8. The summed E-state index contributed by atoms with van der Waals surface area (Å²) in [5.74, 6) is -0.425. The molecule has 11 heteroatoms. The van der Waals surface area contributed by atoms with Crippen molar-refractivity contribution < 1.29 is 26.4 Å². The number of sulfonamides is 2. The summed E-state index contributed by atoms with van der Waals surface area (Å²) in [7, 11) is -6.96. The monoisotopic (exact) mass is 471 g/mol. The lowest BCUT2D eigenvalue weighted by atomic mass is 9.96. The molecule has 0 N–H and O–H groups in total. The van der Waals surface area contributed by atoms with Crippen LogP contribution in [0.4, 0.5) is 0 Å². The van der Waals surface area contributed by atoms with Gasteiger partial charge in [-0.1, -0.05) is 12.1 Å². The smallest absolute Gasteiger partial charge is 0.243 e. The van der Waals surface area contributed by atoms with Crippen LogP contribution in [0.25, 0.3) is 0 Å². The Kier molecular flexibility index (Phi) is 7.19. The molecule has 2 aliphatic heterocycles. The van der Waals surface area contributed by atoms with Gasteiger partial charge in [-0.2, -0.15) is 4.31 Å². The molecule has 0 unspecified atom stereocenters. The predicted octanol–water partition coefficient (Wildman–Crippen LogP) is 0.784. The normalized spacial score (nSPS) is 20.4. The lowest BCUT2D eigenvalue weighted by Gasteiger charge is -2.33. The van der Waals surface area contributed by atoms with Gasteiger partial charge in [-0.25, -0.2) is 21.1 Å². The first-order valence-electron chi connectivity index (χ1n) is 10.3. The zero-order valence-electron chi connectivity index (χ0n) is 17.9. The van der Waals surface area contributed by atoms with Gasteiger partial charge in [-0.05, 0) is 38.3 Å². The van der Waals surface area contributed by atoms with Crippen LogP contribution in [-0.4, -0.2) is 87.6 Å². The molecule has 0 bridgehead atoms. The fourth-order valence-electron chi connectivity index (χ4n) is 4.06. The van der Waals surface area contributed by atoms with E-state index in [0.29, 0.717) is 44.5 Å². The number of amides is 1. The second-order valence-electron chi connectivity index (χ2n) is 8.10. The molecule has 0 aliphatic carbocycles. The third kappa shape index (κ3) is 5.51. The molecule has 172 valence electrons. The highest BCUT2D eigenvalue weighted by molar-refractivity contribution is 7.89. The van der Waals surface area contributed by atoms with Gasteiger partial charge >= 0.3 is 0 Å². The van der Waals surface area contributed by atoms with Crippen molar-refractivity contribution in [1.82, 2.24) is 13.5 Å². The summed E-state index contributed by atoms with van der Waals surface area (Å²) in [6.45, 7) is 3.47. The Labute approximate surface area is 184 Å². The summed E-state index contributed by atoms with van der Waals surface area (Å²) < 4.78 is 52.1. The van der Waals surface area contributed by atoms with Crippen LogP contribution >= 0.6 is 0 Å². The third-order valence-corrected chi connectivity index (χ3v) is 9.15. The molecule has 2 fully saturated rings. The van der Waals surface area contributed by atoms with E-state index in [1.807, 2.05) is 0 Å². The minimum atomic E-state index is -3.68. The average Bonchev–Trinajstić information content (AvgIpc) is 3.00. The summed E-state index contributed by atoms with van der Waals surface area (Å²) in [6, 6.07) is 5.89. The van der Waals surface area contributed by atoms with E-state index in [2.05, 4.69) is 0 Å². The fourth-order valence-corrected chi connectivity index (χ4v) is 6.40. The van der Waals surface area contributed by atoms with Gasteiger partial charge < -0.3 is 4.90 Å². The van der Waals surface area contributed by atoms with E-state index in [4.69, 9.17) is 0 Å². The molecule has 0 aromatic heterocycles. The summed E-state index contributed by atoms with van der Waals surface area (Å²) >= 11 is 0. The zero-order chi connectivity index (χ0) is 22.8. The van der Waals surface area contributed by atoms with E-state index in [-0.39, 0.29) is 42.1 Å². The van der Waals surface area contributed by atoms with Crippen molar-refractivity contribution in [2.75, 3.05) is 45.5 Å². The van der Waals surface area contributed by atoms with Crippen LogP contribution in [-0.2, 0) is 24.8 Å². The Morgan fingerprint density at radius 2 is 1.45 bits per heavy atom. The Morgan fingerprint density at radius 3 is 2.00 bits per heavy atom. The molecular weight excluding hydrogens is 442 g/mol. The van der Waals surface area contributed by atoms with Crippen LogP contribution in [0, 0.1) is 5.92 Å². The number of hydrogen-bond donors (Lipinski definition) is 0. The molecular formula is C20H29N3O6S2. The summed E-state index contributed by atoms with van der Waals surface area (Å²) in [4.78, 5) is 26.2. The summed E-state index contributed by atoms with van der Waals surface area (Å²) in [5.41, 5.74) is 0.454. The number of nitrogens with zero attached hydrogens (tertiary/aromatic N) is 3. The van der Waals surface area contributed by atoms with Crippen molar-refractivity contribution in [2.24, 2.45) is 5.92 Å².